The maximum atomic E-state index is 13.1. The Bertz CT molecular complexity index is 781. The Hall–Kier alpha value is -2.07. The quantitative estimate of drug-likeness (QED) is 0.435. The van der Waals surface area contributed by atoms with Gasteiger partial charge in [0.1, 0.15) is 0 Å². The number of hydrogen-bond donors (Lipinski definition) is 0. The fourth-order valence-corrected chi connectivity index (χ4v) is 5.44. The molecule has 1 aliphatic rings. The topological polar surface area (TPSA) is 38.8 Å². The number of rotatable bonds is 8. The molecule has 1 fully saturated rings. The number of carbonyl (C=O) groups is 1. The van der Waals surface area contributed by atoms with Crippen LogP contribution in [0, 0.1) is 5.92 Å². The Morgan fingerprint density at radius 2 is 1.83 bits per heavy atom. The van der Waals surface area contributed by atoms with E-state index in [1.165, 1.54) is 4.46 Å². The molecule has 4 nitrogen and oxygen atoms in total. The first-order valence-corrected chi connectivity index (χ1v) is 12.1. The number of carbonyl (C=O) groups excluding carboxylic acids is 1. The molecule has 1 amide bonds. The molecule has 2 aromatic carbocycles. The van der Waals surface area contributed by atoms with E-state index in [-0.39, 0.29) is 46.0 Å². The van der Waals surface area contributed by atoms with Gasteiger partial charge in [0.05, 0.1) is 0 Å². The zero-order valence-electron chi connectivity index (χ0n) is 17.1. The molecule has 5 heteroatoms. The van der Waals surface area contributed by atoms with Crippen LogP contribution < -0.4 is 4.46 Å². The number of ether oxygens (including phenoxy) is 2. The van der Waals surface area contributed by atoms with Crippen LogP contribution in [0.3, 0.4) is 0 Å². The van der Waals surface area contributed by atoms with Gasteiger partial charge in [-0.25, -0.2) is 0 Å². The Balaban J connectivity index is 1.73. The molecule has 0 aromatic heterocycles. The monoisotopic (exact) mass is 459 g/mol. The Labute approximate surface area is 180 Å². The molecule has 2 aromatic rings. The third kappa shape index (κ3) is 5.96. The minimum absolute atomic E-state index is 0.0488. The van der Waals surface area contributed by atoms with Crippen LogP contribution >= 0.6 is 0 Å². The Morgan fingerprint density at radius 3 is 2.45 bits per heavy atom. The van der Waals surface area contributed by atoms with Gasteiger partial charge < -0.3 is 0 Å². The Morgan fingerprint density at radius 1 is 1.17 bits per heavy atom. The third-order valence-corrected chi connectivity index (χ3v) is 7.08. The summed E-state index contributed by atoms with van der Waals surface area (Å²) in [5.74, 6) is 0.439. The SMILES string of the molecule is C=CC1OC(C[Se]c2ccccc2)N(C(=O)OCc2ccccc2)C1CC(C)C. The van der Waals surface area contributed by atoms with Gasteiger partial charge in [-0.05, 0) is 0 Å². The fraction of sp³-hybridized carbons (Fsp3) is 0.375. The van der Waals surface area contributed by atoms with Crippen molar-refractivity contribution in [3.8, 4) is 0 Å². The standard InChI is InChI=1S/C24H29NO3Se/c1-4-22-21(15-18(2)3)25(24(26)27-16-19-11-7-5-8-12-19)23(28-22)17-29-20-13-9-6-10-14-20/h4-14,18,21-23H,1,15-17H2,2-3H3. The molecule has 0 bridgehead atoms. The summed E-state index contributed by atoms with van der Waals surface area (Å²) in [5.41, 5.74) is 0.978. The van der Waals surface area contributed by atoms with Crippen molar-refractivity contribution < 1.29 is 14.3 Å². The molecule has 1 saturated heterocycles. The van der Waals surface area contributed by atoms with Gasteiger partial charge in [0.2, 0.25) is 0 Å². The fourth-order valence-electron chi connectivity index (χ4n) is 3.50. The summed E-state index contributed by atoms with van der Waals surface area (Å²) in [6.45, 7) is 8.53. The molecule has 3 unspecified atom stereocenters. The van der Waals surface area contributed by atoms with E-state index in [1.54, 1.807) is 0 Å². The molecule has 0 radical (unpaired) electrons. The van der Waals surface area contributed by atoms with E-state index in [0.717, 1.165) is 17.3 Å². The molecule has 3 atom stereocenters. The van der Waals surface area contributed by atoms with Gasteiger partial charge in [0, 0.05) is 0 Å². The zero-order chi connectivity index (χ0) is 20.6. The normalized spacial score (nSPS) is 21.3. The van der Waals surface area contributed by atoms with Crippen LogP contribution in [0.25, 0.3) is 0 Å². The maximum absolute atomic E-state index is 13.1. The van der Waals surface area contributed by atoms with E-state index in [2.05, 4.69) is 32.6 Å². The predicted molar refractivity (Wildman–Crippen MR) is 117 cm³/mol. The molecule has 0 aliphatic carbocycles. The molecule has 29 heavy (non-hydrogen) atoms. The van der Waals surface area contributed by atoms with Crippen LogP contribution in [0.1, 0.15) is 25.8 Å². The zero-order valence-corrected chi connectivity index (χ0v) is 18.8. The van der Waals surface area contributed by atoms with Crippen molar-refractivity contribution >= 4 is 25.5 Å². The van der Waals surface area contributed by atoms with Crippen molar-refractivity contribution in [2.24, 2.45) is 5.92 Å². The van der Waals surface area contributed by atoms with Crippen molar-refractivity contribution in [1.82, 2.24) is 4.90 Å². The van der Waals surface area contributed by atoms with Crippen molar-refractivity contribution in [1.29, 1.82) is 0 Å². The van der Waals surface area contributed by atoms with Gasteiger partial charge >= 0.3 is 180 Å². The first-order chi connectivity index (χ1) is 14.1. The van der Waals surface area contributed by atoms with E-state index in [1.807, 2.05) is 59.5 Å². The van der Waals surface area contributed by atoms with Gasteiger partial charge in [-0.2, -0.15) is 0 Å². The van der Waals surface area contributed by atoms with E-state index in [9.17, 15) is 4.79 Å². The van der Waals surface area contributed by atoms with Gasteiger partial charge in [-0.3, -0.25) is 0 Å². The van der Waals surface area contributed by atoms with Crippen LogP contribution in [0.15, 0.2) is 73.3 Å². The van der Waals surface area contributed by atoms with E-state index in [4.69, 9.17) is 9.47 Å². The van der Waals surface area contributed by atoms with Crippen molar-refractivity contribution in [3.63, 3.8) is 0 Å². The number of nitrogens with zero attached hydrogens (tertiary/aromatic N) is 1. The third-order valence-electron chi connectivity index (χ3n) is 4.86. The Kier molecular flexibility index (Phi) is 7.93. The molecule has 0 spiro atoms. The average Bonchev–Trinajstić information content (AvgIpc) is 3.08. The van der Waals surface area contributed by atoms with Crippen LogP contribution in [-0.2, 0) is 16.1 Å². The number of benzene rings is 2. The number of hydrogen-bond acceptors (Lipinski definition) is 3. The summed E-state index contributed by atoms with van der Waals surface area (Å²) in [5, 5.41) is 0.788. The first kappa shape index (κ1) is 21.6. The summed E-state index contributed by atoms with van der Waals surface area (Å²) < 4.78 is 13.2. The van der Waals surface area contributed by atoms with Crippen molar-refractivity contribution in [2.75, 3.05) is 0 Å². The molecule has 1 aliphatic heterocycles. The van der Waals surface area contributed by atoms with Crippen molar-refractivity contribution in [3.05, 3.63) is 78.9 Å². The van der Waals surface area contributed by atoms with E-state index >= 15 is 0 Å². The van der Waals surface area contributed by atoms with Crippen LogP contribution in [0.2, 0.25) is 5.32 Å². The number of amides is 1. The summed E-state index contributed by atoms with van der Waals surface area (Å²) in [7, 11) is 0. The molecule has 0 saturated carbocycles. The second-order valence-electron chi connectivity index (χ2n) is 7.56. The molecule has 3 rings (SSSR count). The van der Waals surface area contributed by atoms with E-state index < -0.39 is 0 Å². The van der Waals surface area contributed by atoms with Gasteiger partial charge in [-0.1, -0.05) is 0 Å². The first-order valence-electron chi connectivity index (χ1n) is 10.0. The van der Waals surface area contributed by atoms with Gasteiger partial charge in [0.25, 0.3) is 0 Å². The molecule has 1 heterocycles. The summed E-state index contributed by atoms with van der Waals surface area (Å²) in [6, 6.07) is 20.1. The second kappa shape index (κ2) is 10.6. The summed E-state index contributed by atoms with van der Waals surface area (Å²) in [6.07, 6.45) is 1.91. The molecule has 154 valence electrons. The van der Waals surface area contributed by atoms with Gasteiger partial charge in [0.15, 0.2) is 0 Å². The minimum atomic E-state index is -0.308. The second-order valence-corrected chi connectivity index (χ2v) is 9.85. The van der Waals surface area contributed by atoms with Crippen molar-refractivity contribution in [2.45, 2.75) is 50.6 Å². The summed E-state index contributed by atoms with van der Waals surface area (Å²) >= 11 is 0.211. The summed E-state index contributed by atoms with van der Waals surface area (Å²) in [4.78, 5) is 14.9. The molecular formula is C24H29NO3Se. The average molecular weight is 458 g/mol. The van der Waals surface area contributed by atoms with E-state index in [0.29, 0.717) is 5.92 Å². The van der Waals surface area contributed by atoms with Crippen LogP contribution in [0.4, 0.5) is 4.79 Å². The van der Waals surface area contributed by atoms with Crippen LogP contribution in [0.5, 0.6) is 0 Å². The van der Waals surface area contributed by atoms with Gasteiger partial charge in [-0.15, -0.1) is 0 Å². The molecule has 0 N–H and O–H groups in total. The predicted octanol–water partition coefficient (Wildman–Crippen LogP) is 4.40. The van der Waals surface area contributed by atoms with Crippen LogP contribution in [-0.4, -0.2) is 44.3 Å². The molecular weight excluding hydrogens is 429 g/mol.